The van der Waals surface area contributed by atoms with Crippen LogP contribution in [0.15, 0.2) is 42.7 Å². The number of nitrogens with one attached hydrogen (secondary N) is 1. The summed E-state index contributed by atoms with van der Waals surface area (Å²) in [4.78, 5) is 16.2. The Balaban J connectivity index is 1.64. The Hall–Kier alpha value is -2.24. The van der Waals surface area contributed by atoms with Crippen molar-refractivity contribution in [3.8, 4) is 5.75 Å². The molecular formula is C16H13Cl2N3O2. The molecule has 3 aromatic rings. The van der Waals surface area contributed by atoms with Gasteiger partial charge in [0.2, 0.25) is 0 Å². The first-order valence-corrected chi connectivity index (χ1v) is 7.57. The molecule has 0 spiro atoms. The smallest absolute Gasteiger partial charge is 0.262 e. The molecule has 0 unspecified atom stereocenters. The van der Waals surface area contributed by atoms with Gasteiger partial charge in [-0.2, -0.15) is 0 Å². The van der Waals surface area contributed by atoms with Gasteiger partial charge in [-0.15, -0.1) is 0 Å². The van der Waals surface area contributed by atoms with Gasteiger partial charge in [0.05, 0.1) is 22.4 Å². The minimum absolute atomic E-state index is 0.151. The van der Waals surface area contributed by atoms with Gasteiger partial charge in [-0.1, -0.05) is 23.2 Å². The highest BCUT2D eigenvalue weighted by Crippen LogP contribution is 2.27. The molecule has 0 saturated carbocycles. The van der Waals surface area contributed by atoms with Crippen LogP contribution >= 0.6 is 23.2 Å². The average molecular weight is 350 g/mol. The SMILES string of the molecule is Cn1cnc2cc(NC(=O)COc3ccc(Cl)cc3Cl)ccc21. The molecule has 1 N–H and O–H groups in total. The van der Waals surface area contributed by atoms with Crippen molar-refractivity contribution in [3.63, 3.8) is 0 Å². The molecule has 118 valence electrons. The number of amides is 1. The van der Waals surface area contributed by atoms with E-state index in [9.17, 15) is 4.79 Å². The summed E-state index contributed by atoms with van der Waals surface area (Å²) in [6, 6.07) is 10.4. The van der Waals surface area contributed by atoms with Crippen LogP contribution in [-0.2, 0) is 11.8 Å². The Bertz CT molecular complexity index is 877. The number of hydrogen-bond acceptors (Lipinski definition) is 3. The van der Waals surface area contributed by atoms with E-state index in [2.05, 4.69) is 10.3 Å². The second-order valence-corrected chi connectivity index (χ2v) is 5.81. The molecule has 2 aromatic carbocycles. The summed E-state index contributed by atoms with van der Waals surface area (Å²) in [6.07, 6.45) is 1.72. The first-order valence-electron chi connectivity index (χ1n) is 6.82. The van der Waals surface area contributed by atoms with E-state index < -0.39 is 0 Å². The van der Waals surface area contributed by atoms with E-state index in [1.54, 1.807) is 24.5 Å². The number of anilines is 1. The Morgan fingerprint density at radius 1 is 1.26 bits per heavy atom. The first kappa shape index (κ1) is 15.6. The van der Waals surface area contributed by atoms with E-state index in [1.165, 1.54) is 0 Å². The molecule has 0 saturated heterocycles. The third-order valence-electron chi connectivity index (χ3n) is 3.26. The van der Waals surface area contributed by atoms with Crippen molar-refractivity contribution in [3.05, 3.63) is 52.8 Å². The van der Waals surface area contributed by atoms with Gasteiger partial charge in [-0.05, 0) is 36.4 Å². The van der Waals surface area contributed by atoms with Gasteiger partial charge in [0.1, 0.15) is 5.75 Å². The summed E-state index contributed by atoms with van der Waals surface area (Å²) >= 11 is 11.8. The lowest BCUT2D eigenvalue weighted by molar-refractivity contribution is -0.118. The normalized spacial score (nSPS) is 10.7. The summed E-state index contributed by atoms with van der Waals surface area (Å²) < 4.78 is 7.30. The lowest BCUT2D eigenvalue weighted by atomic mass is 10.2. The van der Waals surface area contributed by atoms with E-state index in [-0.39, 0.29) is 12.5 Å². The lowest BCUT2D eigenvalue weighted by Crippen LogP contribution is -2.20. The third-order valence-corrected chi connectivity index (χ3v) is 3.79. The molecule has 3 rings (SSSR count). The molecule has 1 amide bonds. The minimum Gasteiger partial charge on any atom is -0.482 e. The fourth-order valence-electron chi connectivity index (χ4n) is 2.15. The van der Waals surface area contributed by atoms with Gasteiger partial charge >= 0.3 is 0 Å². The van der Waals surface area contributed by atoms with Crippen LogP contribution in [0.5, 0.6) is 5.75 Å². The summed E-state index contributed by atoms with van der Waals surface area (Å²) in [7, 11) is 1.91. The molecular weight excluding hydrogens is 337 g/mol. The van der Waals surface area contributed by atoms with Crippen molar-refractivity contribution >= 4 is 45.8 Å². The number of imidazole rings is 1. The van der Waals surface area contributed by atoms with Gasteiger partial charge in [-0.25, -0.2) is 4.98 Å². The van der Waals surface area contributed by atoms with E-state index in [0.29, 0.717) is 21.5 Å². The van der Waals surface area contributed by atoms with Crippen LogP contribution in [0.1, 0.15) is 0 Å². The molecule has 0 radical (unpaired) electrons. The highest BCUT2D eigenvalue weighted by molar-refractivity contribution is 6.35. The second kappa shape index (κ2) is 6.48. The highest BCUT2D eigenvalue weighted by Gasteiger charge is 2.08. The number of hydrogen-bond donors (Lipinski definition) is 1. The van der Waals surface area contributed by atoms with E-state index in [4.69, 9.17) is 27.9 Å². The van der Waals surface area contributed by atoms with Gasteiger partial charge < -0.3 is 14.6 Å². The zero-order valence-electron chi connectivity index (χ0n) is 12.2. The molecule has 0 aliphatic heterocycles. The Morgan fingerprint density at radius 2 is 2.09 bits per heavy atom. The zero-order chi connectivity index (χ0) is 16.4. The standard InChI is InChI=1S/C16H13Cl2N3O2/c1-21-9-19-13-7-11(3-4-14(13)21)20-16(22)8-23-15-5-2-10(17)6-12(15)18/h2-7,9H,8H2,1H3,(H,20,22). The number of carbonyl (C=O) groups excluding carboxylic acids is 1. The summed E-state index contributed by atoms with van der Waals surface area (Å²) in [5.41, 5.74) is 2.46. The van der Waals surface area contributed by atoms with Crippen LogP contribution in [-0.4, -0.2) is 22.1 Å². The molecule has 1 heterocycles. The lowest BCUT2D eigenvalue weighted by Gasteiger charge is -2.09. The number of aromatic nitrogens is 2. The number of halogens is 2. The Kier molecular flexibility index (Phi) is 4.41. The number of carbonyl (C=O) groups is 1. The molecule has 7 heteroatoms. The van der Waals surface area contributed by atoms with Crippen LogP contribution in [0.2, 0.25) is 10.0 Å². The topological polar surface area (TPSA) is 56.2 Å². The van der Waals surface area contributed by atoms with Crippen molar-refractivity contribution in [2.24, 2.45) is 7.05 Å². The summed E-state index contributed by atoms with van der Waals surface area (Å²) in [5.74, 6) is 0.123. The first-order chi connectivity index (χ1) is 11.0. The summed E-state index contributed by atoms with van der Waals surface area (Å²) in [6.45, 7) is -0.151. The predicted octanol–water partition coefficient (Wildman–Crippen LogP) is 3.90. The van der Waals surface area contributed by atoms with Crippen LogP contribution in [0.4, 0.5) is 5.69 Å². The predicted molar refractivity (Wildman–Crippen MR) is 91.3 cm³/mol. The van der Waals surface area contributed by atoms with E-state index in [0.717, 1.165) is 11.0 Å². The number of nitrogens with zero attached hydrogens (tertiary/aromatic N) is 2. The van der Waals surface area contributed by atoms with E-state index in [1.807, 2.05) is 29.8 Å². The monoisotopic (exact) mass is 349 g/mol. The molecule has 1 aromatic heterocycles. The Labute approximate surface area is 142 Å². The van der Waals surface area contributed by atoms with Gasteiger partial charge in [0.25, 0.3) is 5.91 Å². The number of ether oxygens (including phenoxy) is 1. The number of fused-ring (bicyclic) bond motifs is 1. The van der Waals surface area contributed by atoms with Gasteiger partial charge in [-0.3, -0.25) is 4.79 Å². The molecule has 5 nitrogen and oxygen atoms in total. The fraction of sp³-hybridized carbons (Fsp3) is 0.125. The fourth-order valence-corrected chi connectivity index (χ4v) is 2.61. The van der Waals surface area contributed by atoms with Crippen molar-refractivity contribution in [2.75, 3.05) is 11.9 Å². The molecule has 0 fully saturated rings. The number of aryl methyl sites for hydroxylation is 1. The number of rotatable bonds is 4. The van der Waals surface area contributed by atoms with E-state index >= 15 is 0 Å². The molecule has 0 aliphatic carbocycles. The van der Waals surface area contributed by atoms with Crippen molar-refractivity contribution in [1.29, 1.82) is 0 Å². The molecule has 23 heavy (non-hydrogen) atoms. The second-order valence-electron chi connectivity index (χ2n) is 4.97. The largest absolute Gasteiger partial charge is 0.482 e. The molecule has 0 aliphatic rings. The third kappa shape index (κ3) is 3.57. The van der Waals surface area contributed by atoms with Crippen LogP contribution in [0.3, 0.4) is 0 Å². The van der Waals surface area contributed by atoms with Crippen LogP contribution in [0.25, 0.3) is 11.0 Å². The van der Waals surface area contributed by atoms with Gasteiger partial charge in [0.15, 0.2) is 6.61 Å². The van der Waals surface area contributed by atoms with Crippen molar-refractivity contribution < 1.29 is 9.53 Å². The van der Waals surface area contributed by atoms with Gasteiger partial charge in [0, 0.05) is 17.8 Å². The molecule has 0 bridgehead atoms. The summed E-state index contributed by atoms with van der Waals surface area (Å²) in [5, 5.41) is 3.63. The van der Waals surface area contributed by atoms with Crippen molar-refractivity contribution in [1.82, 2.24) is 9.55 Å². The maximum Gasteiger partial charge on any atom is 0.262 e. The Morgan fingerprint density at radius 3 is 2.87 bits per heavy atom. The average Bonchev–Trinajstić information content (AvgIpc) is 2.87. The maximum atomic E-state index is 12.0. The quantitative estimate of drug-likeness (QED) is 0.777. The minimum atomic E-state index is -0.286. The van der Waals surface area contributed by atoms with Crippen LogP contribution in [0, 0.1) is 0 Å². The zero-order valence-corrected chi connectivity index (χ0v) is 13.7. The number of benzene rings is 2. The highest BCUT2D eigenvalue weighted by atomic mass is 35.5. The van der Waals surface area contributed by atoms with Crippen molar-refractivity contribution in [2.45, 2.75) is 0 Å². The van der Waals surface area contributed by atoms with Crippen LogP contribution < -0.4 is 10.1 Å². The molecule has 0 atom stereocenters. The maximum absolute atomic E-state index is 12.0.